The summed E-state index contributed by atoms with van der Waals surface area (Å²) in [6.07, 6.45) is 6.06. The van der Waals surface area contributed by atoms with Gasteiger partial charge in [0.25, 0.3) is 0 Å². The number of nitrogens with one attached hydrogen (secondary N) is 3. The third kappa shape index (κ3) is 7.87. The van der Waals surface area contributed by atoms with Crippen LogP contribution < -0.4 is 10.6 Å². The standard InChI is InChI=1S/C41H41ClN6O4/c42-38-32-24-31(43-26-35(49)33-14-7-8-20-47(33)36(50)22-27-10-3-1-4-11-27)25-44-40(32)46-39(38)29-16-18-30(19-17-29)45-41(52)34-15-9-21-48(34)37(51)23-28-12-5-2-6-13-28/h1-6,10-13,16-19,24-25,33-34,43H,7-9,14-15,20-23,26H2,(H,44,46)(H,45,52). The minimum absolute atomic E-state index is 0.0270. The molecule has 2 fully saturated rings. The van der Waals surface area contributed by atoms with Gasteiger partial charge >= 0.3 is 0 Å². The maximum absolute atomic E-state index is 13.4. The maximum atomic E-state index is 13.4. The van der Waals surface area contributed by atoms with Crippen LogP contribution >= 0.6 is 11.6 Å². The number of amides is 3. The zero-order valence-electron chi connectivity index (χ0n) is 28.8. The van der Waals surface area contributed by atoms with Crippen LogP contribution in [0.2, 0.25) is 5.02 Å². The first-order valence-corrected chi connectivity index (χ1v) is 18.2. The molecule has 0 bridgehead atoms. The second-order valence-electron chi connectivity index (χ2n) is 13.5. The molecule has 3 amide bonds. The van der Waals surface area contributed by atoms with E-state index < -0.39 is 12.1 Å². The SMILES string of the molecule is O=C(CNc1cnc2[nH]c(-c3ccc(NC(=O)C4CCCN4C(=O)Cc4ccccc4)cc3)c(Cl)c2c1)C1CCCCN1C(=O)Cc1ccccc1. The first-order chi connectivity index (χ1) is 25.3. The molecule has 3 N–H and O–H groups in total. The number of carbonyl (C=O) groups is 4. The van der Waals surface area contributed by atoms with E-state index in [1.807, 2.05) is 91.0 Å². The van der Waals surface area contributed by atoms with E-state index in [1.165, 1.54) is 0 Å². The molecule has 0 spiro atoms. The van der Waals surface area contributed by atoms with Crippen LogP contribution in [-0.2, 0) is 32.0 Å². The van der Waals surface area contributed by atoms with E-state index in [2.05, 4.69) is 20.6 Å². The molecule has 266 valence electrons. The topological polar surface area (TPSA) is 128 Å². The first kappa shape index (κ1) is 34.9. The zero-order chi connectivity index (χ0) is 36.0. The highest BCUT2D eigenvalue weighted by Gasteiger charge is 2.34. The number of carbonyl (C=O) groups excluding carboxylic acids is 4. The summed E-state index contributed by atoms with van der Waals surface area (Å²) in [6, 6.07) is 27.4. The number of hydrogen-bond donors (Lipinski definition) is 3. The van der Waals surface area contributed by atoms with Crippen molar-refractivity contribution in [3.05, 3.63) is 113 Å². The summed E-state index contributed by atoms with van der Waals surface area (Å²) in [5.74, 6) is -0.310. The Balaban J connectivity index is 0.968. The summed E-state index contributed by atoms with van der Waals surface area (Å²) in [4.78, 5) is 64.1. The van der Waals surface area contributed by atoms with E-state index in [0.29, 0.717) is 59.1 Å². The minimum atomic E-state index is -0.507. The molecule has 2 atom stereocenters. The van der Waals surface area contributed by atoms with Gasteiger partial charge in [-0.15, -0.1) is 0 Å². The van der Waals surface area contributed by atoms with E-state index >= 15 is 0 Å². The lowest BCUT2D eigenvalue weighted by Crippen LogP contribution is -2.50. The number of pyridine rings is 1. The molecule has 7 rings (SSSR count). The highest BCUT2D eigenvalue weighted by atomic mass is 35.5. The van der Waals surface area contributed by atoms with Crippen molar-refractivity contribution in [2.45, 2.75) is 57.0 Å². The highest BCUT2D eigenvalue weighted by molar-refractivity contribution is 6.38. The van der Waals surface area contributed by atoms with Gasteiger partial charge in [-0.1, -0.05) is 84.4 Å². The van der Waals surface area contributed by atoms with Gasteiger partial charge in [0.1, 0.15) is 11.7 Å². The van der Waals surface area contributed by atoms with Gasteiger partial charge in [-0.05, 0) is 67.0 Å². The van der Waals surface area contributed by atoms with Crippen molar-refractivity contribution < 1.29 is 19.2 Å². The molecule has 2 aliphatic heterocycles. The Hall–Kier alpha value is -5.48. The second kappa shape index (κ2) is 15.8. The molecule has 0 saturated carbocycles. The lowest BCUT2D eigenvalue weighted by Gasteiger charge is -2.35. The molecule has 10 nitrogen and oxygen atoms in total. The van der Waals surface area contributed by atoms with Gasteiger partial charge in [-0.3, -0.25) is 19.2 Å². The smallest absolute Gasteiger partial charge is 0.247 e. The average Bonchev–Trinajstić information content (AvgIpc) is 3.80. The number of nitrogens with zero attached hydrogens (tertiary/aromatic N) is 3. The summed E-state index contributed by atoms with van der Waals surface area (Å²) in [5, 5.41) is 7.37. The van der Waals surface area contributed by atoms with E-state index in [9.17, 15) is 19.2 Å². The summed E-state index contributed by atoms with van der Waals surface area (Å²) in [6.45, 7) is 1.22. The van der Waals surface area contributed by atoms with E-state index in [0.717, 1.165) is 36.0 Å². The molecule has 5 aromatic rings. The Kier molecular flexibility index (Phi) is 10.6. The molecule has 2 aliphatic rings. The number of rotatable bonds is 11. The van der Waals surface area contributed by atoms with Gasteiger partial charge < -0.3 is 25.4 Å². The number of H-pyrrole nitrogens is 1. The quantitative estimate of drug-likeness (QED) is 0.140. The first-order valence-electron chi connectivity index (χ1n) is 17.9. The van der Waals surface area contributed by atoms with Crippen molar-refractivity contribution in [1.29, 1.82) is 0 Å². The number of aromatic nitrogens is 2. The van der Waals surface area contributed by atoms with Crippen LogP contribution in [0.3, 0.4) is 0 Å². The molecule has 2 saturated heterocycles. The van der Waals surface area contributed by atoms with Gasteiger partial charge in [0.15, 0.2) is 5.78 Å². The number of ketones is 1. The van der Waals surface area contributed by atoms with Crippen LogP contribution in [0.25, 0.3) is 22.3 Å². The average molecular weight is 717 g/mol. The third-order valence-corrected chi connectivity index (χ3v) is 10.4. The Bertz CT molecular complexity index is 2070. The normalized spacial score (nSPS) is 17.2. The van der Waals surface area contributed by atoms with Crippen LogP contribution in [-0.4, -0.2) is 75.0 Å². The number of benzene rings is 3. The van der Waals surface area contributed by atoms with E-state index in [4.69, 9.17) is 11.6 Å². The fourth-order valence-corrected chi connectivity index (χ4v) is 7.54. The molecule has 2 aromatic heterocycles. The van der Waals surface area contributed by atoms with Crippen LogP contribution in [0.1, 0.15) is 43.2 Å². The van der Waals surface area contributed by atoms with Crippen molar-refractivity contribution >= 4 is 57.5 Å². The van der Waals surface area contributed by atoms with E-state index in [-0.39, 0.29) is 42.9 Å². The number of halogens is 1. The number of likely N-dealkylation sites (tertiary alicyclic amines) is 2. The number of Topliss-reactive ketones (excluding diaryl/α,β-unsaturated/α-hetero) is 1. The Morgan fingerprint density at radius 3 is 2.04 bits per heavy atom. The molecule has 0 aliphatic carbocycles. The van der Waals surface area contributed by atoms with Gasteiger partial charge in [0, 0.05) is 24.2 Å². The molecular formula is C41H41ClN6O4. The summed E-state index contributed by atoms with van der Waals surface area (Å²) >= 11 is 6.87. The monoisotopic (exact) mass is 716 g/mol. The van der Waals surface area contributed by atoms with Crippen LogP contribution in [0.15, 0.2) is 97.2 Å². The lowest BCUT2D eigenvalue weighted by atomic mass is 9.97. The Morgan fingerprint density at radius 2 is 1.37 bits per heavy atom. The summed E-state index contributed by atoms with van der Waals surface area (Å²) < 4.78 is 0. The van der Waals surface area contributed by atoms with Gasteiger partial charge in [-0.25, -0.2) is 4.98 Å². The van der Waals surface area contributed by atoms with Crippen LogP contribution in [0.5, 0.6) is 0 Å². The third-order valence-electron chi connectivity index (χ3n) is 9.96. The second-order valence-corrected chi connectivity index (χ2v) is 13.9. The fraction of sp³-hybridized carbons (Fsp3) is 0.293. The fourth-order valence-electron chi connectivity index (χ4n) is 7.23. The zero-order valence-corrected chi connectivity index (χ0v) is 29.6. The number of anilines is 2. The van der Waals surface area contributed by atoms with Crippen molar-refractivity contribution in [3.63, 3.8) is 0 Å². The predicted molar refractivity (Wildman–Crippen MR) is 203 cm³/mol. The number of aromatic amines is 1. The van der Waals surface area contributed by atoms with Crippen molar-refractivity contribution in [1.82, 2.24) is 19.8 Å². The van der Waals surface area contributed by atoms with Crippen molar-refractivity contribution in [2.24, 2.45) is 0 Å². The molecular weight excluding hydrogens is 676 g/mol. The maximum Gasteiger partial charge on any atom is 0.247 e. The van der Waals surface area contributed by atoms with Crippen molar-refractivity contribution in [3.8, 4) is 11.3 Å². The van der Waals surface area contributed by atoms with Crippen LogP contribution in [0, 0.1) is 0 Å². The Labute approximate surface area is 307 Å². The van der Waals surface area contributed by atoms with Crippen LogP contribution in [0.4, 0.5) is 11.4 Å². The lowest BCUT2D eigenvalue weighted by molar-refractivity contribution is -0.140. The van der Waals surface area contributed by atoms with Gasteiger partial charge in [0.2, 0.25) is 17.7 Å². The molecule has 4 heterocycles. The number of hydrogen-bond acceptors (Lipinski definition) is 6. The highest BCUT2D eigenvalue weighted by Crippen LogP contribution is 2.35. The molecule has 0 radical (unpaired) electrons. The summed E-state index contributed by atoms with van der Waals surface area (Å²) in [5.41, 5.74) is 5.22. The van der Waals surface area contributed by atoms with E-state index in [1.54, 1.807) is 16.0 Å². The summed E-state index contributed by atoms with van der Waals surface area (Å²) in [7, 11) is 0. The van der Waals surface area contributed by atoms with Gasteiger partial charge in [0.05, 0.1) is 48.0 Å². The molecule has 3 aromatic carbocycles. The minimum Gasteiger partial charge on any atom is -0.377 e. The van der Waals surface area contributed by atoms with Crippen molar-refractivity contribution in [2.75, 3.05) is 30.3 Å². The largest absolute Gasteiger partial charge is 0.377 e. The van der Waals surface area contributed by atoms with Gasteiger partial charge in [-0.2, -0.15) is 0 Å². The molecule has 52 heavy (non-hydrogen) atoms. The molecule has 2 unspecified atom stereocenters. The number of fused-ring (bicyclic) bond motifs is 1. The number of piperidine rings is 1. The molecule has 11 heteroatoms. The predicted octanol–water partition coefficient (Wildman–Crippen LogP) is 6.66. The Morgan fingerprint density at radius 1 is 0.750 bits per heavy atom.